The van der Waals surface area contributed by atoms with Crippen LogP contribution in [0.25, 0.3) is 0 Å². The van der Waals surface area contributed by atoms with Crippen LogP contribution in [0.2, 0.25) is 0 Å². The lowest BCUT2D eigenvalue weighted by molar-refractivity contribution is -0.137. The highest BCUT2D eigenvalue weighted by molar-refractivity contribution is 5.68. The van der Waals surface area contributed by atoms with Crippen molar-refractivity contribution in [1.29, 1.82) is 0 Å². The summed E-state index contributed by atoms with van der Waals surface area (Å²) in [6.45, 7) is 0. The zero-order valence-corrected chi connectivity index (χ0v) is 4.22. The molecule has 3 heteroatoms. The first-order valence-electron chi connectivity index (χ1n) is 1.86. The fourth-order valence-electron chi connectivity index (χ4n) is 0.231. The standard InChI is InChI=1S/C4H8NO2/c1-5(2)3-4(6)7/h1,3H2,2H3,(H,6,7)/q-1. The lowest BCUT2D eigenvalue weighted by atomic mass is 10.6. The first-order valence-corrected chi connectivity index (χ1v) is 1.86. The molecule has 0 rings (SSSR count). The molecular weight excluding hydrogens is 94.0 g/mol. The molecule has 1 N–H and O–H groups in total. The van der Waals surface area contributed by atoms with Gasteiger partial charge in [0, 0.05) is 0 Å². The number of rotatable bonds is 2. The third-order valence-corrected chi connectivity index (χ3v) is 0.405. The minimum atomic E-state index is -0.850. The normalized spacial score (nSPS) is 9.57. The van der Waals surface area contributed by atoms with Gasteiger partial charge in [-0.15, -0.1) is 0 Å². The van der Waals surface area contributed by atoms with Crippen molar-refractivity contribution in [3.05, 3.63) is 7.05 Å². The van der Waals surface area contributed by atoms with Crippen molar-refractivity contribution in [2.75, 3.05) is 13.6 Å². The van der Waals surface area contributed by atoms with E-state index >= 15 is 0 Å². The second-order valence-electron chi connectivity index (χ2n) is 1.41. The van der Waals surface area contributed by atoms with Crippen LogP contribution in [-0.2, 0) is 4.79 Å². The van der Waals surface area contributed by atoms with E-state index in [2.05, 4.69) is 7.05 Å². The molecule has 42 valence electrons. The highest BCUT2D eigenvalue weighted by Crippen LogP contribution is 1.72. The SMILES string of the molecule is [CH2-]N(C)CC(=O)O. The van der Waals surface area contributed by atoms with Crippen LogP contribution >= 0.6 is 0 Å². The van der Waals surface area contributed by atoms with Crippen LogP contribution in [0.1, 0.15) is 0 Å². The highest BCUT2D eigenvalue weighted by atomic mass is 16.4. The summed E-state index contributed by atoms with van der Waals surface area (Å²) < 4.78 is 0. The van der Waals surface area contributed by atoms with Crippen LogP contribution in [0.3, 0.4) is 0 Å². The number of nitrogens with zero attached hydrogens (tertiary/aromatic N) is 1. The van der Waals surface area contributed by atoms with Crippen LogP contribution in [0.5, 0.6) is 0 Å². The molecule has 0 amide bonds. The summed E-state index contributed by atoms with van der Waals surface area (Å²) in [7, 11) is 4.94. The molecule has 0 bridgehead atoms. The van der Waals surface area contributed by atoms with Gasteiger partial charge in [-0.3, -0.25) is 11.8 Å². The Bertz CT molecular complexity index is 70.1. The zero-order chi connectivity index (χ0) is 5.86. The van der Waals surface area contributed by atoms with Crippen molar-refractivity contribution in [2.24, 2.45) is 0 Å². The molecule has 0 heterocycles. The van der Waals surface area contributed by atoms with Crippen LogP contribution in [0.4, 0.5) is 0 Å². The fourth-order valence-corrected chi connectivity index (χ4v) is 0.231. The van der Waals surface area contributed by atoms with Crippen molar-refractivity contribution in [1.82, 2.24) is 4.90 Å². The van der Waals surface area contributed by atoms with E-state index in [1.54, 1.807) is 7.05 Å². The Hall–Kier alpha value is -0.570. The average molecular weight is 102 g/mol. The van der Waals surface area contributed by atoms with E-state index in [-0.39, 0.29) is 6.54 Å². The minimum Gasteiger partial charge on any atom is -0.480 e. The average Bonchev–Trinajstić information content (AvgIpc) is 1.27. The summed E-state index contributed by atoms with van der Waals surface area (Å²) in [6, 6.07) is 0. The fraction of sp³-hybridized carbons (Fsp3) is 0.500. The first-order chi connectivity index (χ1) is 3.13. The van der Waals surface area contributed by atoms with Gasteiger partial charge in [0.2, 0.25) is 0 Å². The van der Waals surface area contributed by atoms with Gasteiger partial charge in [-0.25, -0.2) is 0 Å². The first kappa shape index (κ1) is 6.43. The molecule has 0 saturated carbocycles. The third kappa shape index (κ3) is 5.43. The number of hydrogen-bond donors (Lipinski definition) is 1. The van der Waals surface area contributed by atoms with Crippen LogP contribution < -0.4 is 0 Å². The van der Waals surface area contributed by atoms with Crippen molar-refractivity contribution in [2.45, 2.75) is 0 Å². The Morgan fingerprint density at radius 1 is 2.00 bits per heavy atom. The van der Waals surface area contributed by atoms with Gasteiger partial charge in [-0.05, 0) is 7.05 Å². The number of hydrogen-bond acceptors (Lipinski definition) is 2. The molecule has 0 fully saturated rings. The lowest BCUT2D eigenvalue weighted by Crippen LogP contribution is -2.18. The molecular formula is C4H8NO2-. The maximum atomic E-state index is 9.73. The topological polar surface area (TPSA) is 40.5 Å². The van der Waals surface area contributed by atoms with E-state index in [1.165, 1.54) is 4.90 Å². The van der Waals surface area contributed by atoms with E-state index in [4.69, 9.17) is 5.11 Å². The molecule has 0 aromatic rings. The maximum absolute atomic E-state index is 9.73. The van der Waals surface area contributed by atoms with E-state index in [0.29, 0.717) is 0 Å². The van der Waals surface area contributed by atoms with Gasteiger partial charge in [0.25, 0.3) is 0 Å². The summed E-state index contributed by atoms with van der Waals surface area (Å²) in [5.74, 6) is -0.850. The minimum absolute atomic E-state index is 0. The number of aliphatic carboxylic acids is 1. The monoisotopic (exact) mass is 102 g/mol. The molecule has 0 atom stereocenters. The second-order valence-corrected chi connectivity index (χ2v) is 1.41. The molecule has 0 aliphatic carbocycles. The molecule has 3 nitrogen and oxygen atoms in total. The number of likely N-dealkylation sites (N-methyl/N-ethyl adjacent to an activating group) is 1. The Morgan fingerprint density at radius 2 is 2.43 bits per heavy atom. The van der Waals surface area contributed by atoms with Gasteiger partial charge >= 0.3 is 5.97 Å². The van der Waals surface area contributed by atoms with Crippen molar-refractivity contribution >= 4 is 5.97 Å². The summed E-state index contributed by atoms with van der Waals surface area (Å²) in [5, 5.41) is 8.00. The smallest absolute Gasteiger partial charge is 0.315 e. The quantitative estimate of drug-likeness (QED) is 0.490. The second kappa shape index (κ2) is 2.58. The van der Waals surface area contributed by atoms with E-state index in [0.717, 1.165) is 0 Å². The molecule has 0 aliphatic rings. The molecule has 0 spiro atoms. The predicted molar refractivity (Wildman–Crippen MR) is 25.6 cm³/mol. The molecule has 7 heavy (non-hydrogen) atoms. The van der Waals surface area contributed by atoms with Gasteiger partial charge < -0.3 is 10.0 Å². The summed E-state index contributed by atoms with van der Waals surface area (Å²) in [4.78, 5) is 11.1. The van der Waals surface area contributed by atoms with Crippen molar-refractivity contribution in [3.8, 4) is 0 Å². The Labute approximate surface area is 42.5 Å². The molecule has 0 aromatic carbocycles. The maximum Gasteiger partial charge on any atom is 0.315 e. The van der Waals surface area contributed by atoms with Gasteiger partial charge in [0.1, 0.15) is 0 Å². The summed E-state index contributed by atoms with van der Waals surface area (Å²) in [6.07, 6.45) is 0. The van der Waals surface area contributed by atoms with E-state index < -0.39 is 5.97 Å². The van der Waals surface area contributed by atoms with Crippen molar-refractivity contribution in [3.63, 3.8) is 0 Å². The Balaban J connectivity index is 3.13. The number of carboxylic acid groups (broad SMARTS) is 1. The number of carboxylic acids is 1. The van der Waals surface area contributed by atoms with Crippen LogP contribution in [-0.4, -0.2) is 29.6 Å². The van der Waals surface area contributed by atoms with E-state index in [9.17, 15) is 4.79 Å². The predicted octanol–water partition coefficient (Wildman–Crippen LogP) is -0.206. The summed E-state index contributed by atoms with van der Waals surface area (Å²) in [5.41, 5.74) is 0. The van der Waals surface area contributed by atoms with Gasteiger partial charge in [0.15, 0.2) is 0 Å². The lowest BCUT2D eigenvalue weighted by Gasteiger charge is -2.12. The van der Waals surface area contributed by atoms with Gasteiger partial charge in [-0.1, -0.05) is 0 Å². The Morgan fingerprint density at radius 3 is 2.43 bits per heavy atom. The van der Waals surface area contributed by atoms with Crippen molar-refractivity contribution < 1.29 is 9.90 Å². The zero-order valence-electron chi connectivity index (χ0n) is 4.22. The molecule has 0 unspecified atom stereocenters. The largest absolute Gasteiger partial charge is 0.480 e. The molecule has 0 aliphatic heterocycles. The Kier molecular flexibility index (Phi) is 2.37. The number of carbonyl (C=O) groups is 1. The third-order valence-electron chi connectivity index (χ3n) is 0.405. The molecule has 0 radical (unpaired) electrons. The summed E-state index contributed by atoms with van der Waals surface area (Å²) >= 11 is 0. The van der Waals surface area contributed by atoms with Gasteiger partial charge in [-0.2, -0.15) is 0 Å². The molecule has 0 saturated heterocycles. The highest BCUT2D eigenvalue weighted by Gasteiger charge is 1.89. The van der Waals surface area contributed by atoms with Crippen LogP contribution in [0.15, 0.2) is 0 Å². The van der Waals surface area contributed by atoms with Crippen LogP contribution in [0, 0.1) is 7.05 Å². The van der Waals surface area contributed by atoms with E-state index in [1.807, 2.05) is 0 Å². The van der Waals surface area contributed by atoms with Gasteiger partial charge in [0.05, 0.1) is 6.54 Å². The molecule has 0 aromatic heterocycles.